The van der Waals surface area contributed by atoms with Crippen LogP contribution >= 0.6 is 0 Å². The molecule has 0 amide bonds. The molecule has 0 heterocycles. The Bertz CT molecular complexity index is 340. The highest BCUT2D eigenvalue weighted by Crippen LogP contribution is 2.24. The summed E-state index contributed by atoms with van der Waals surface area (Å²) in [5.74, 6) is 1.87. The first-order chi connectivity index (χ1) is 6.12. The molecule has 0 aliphatic rings. The molecule has 0 radical (unpaired) electrons. The molecule has 1 N–H and O–H groups in total. The van der Waals surface area contributed by atoms with Crippen molar-refractivity contribution in [3.63, 3.8) is 0 Å². The molecule has 1 nitrogen and oxygen atoms in total. The smallest absolute Gasteiger partial charge is 0.150 e. The standard InChI is InChI=1S/C11H11FO/c1-3-11(13,4-2)9-6-5-7-10(12)8-9/h1,5-8,13H,4H2,2H3/t11-/m0/s1. The number of hydrogen-bond donors (Lipinski definition) is 1. The van der Waals surface area contributed by atoms with Gasteiger partial charge in [-0.3, -0.25) is 0 Å². The minimum absolute atomic E-state index is 0.368. The van der Waals surface area contributed by atoms with Crippen molar-refractivity contribution in [2.24, 2.45) is 0 Å². The minimum atomic E-state index is -1.35. The average Bonchev–Trinajstić information content (AvgIpc) is 2.17. The lowest BCUT2D eigenvalue weighted by Gasteiger charge is -2.20. The van der Waals surface area contributed by atoms with Crippen molar-refractivity contribution in [1.82, 2.24) is 0 Å². The van der Waals surface area contributed by atoms with Crippen LogP contribution < -0.4 is 0 Å². The van der Waals surface area contributed by atoms with Crippen molar-refractivity contribution in [2.75, 3.05) is 0 Å². The van der Waals surface area contributed by atoms with Crippen LogP contribution in [0.25, 0.3) is 0 Å². The van der Waals surface area contributed by atoms with Gasteiger partial charge >= 0.3 is 0 Å². The van der Waals surface area contributed by atoms with Gasteiger partial charge in [0.05, 0.1) is 0 Å². The molecule has 1 atom stereocenters. The van der Waals surface area contributed by atoms with E-state index in [1.807, 2.05) is 0 Å². The monoisotopic (exact) mass is 178 g/mol. The van der Waals surface area contributed by atoms with Gasteiger partial charge in [0.1, 0.15) is 5.82 Å². The van der Waals surface area contributed by atoms with Crippen molar-refractivity contribution < 1.29 is 9.50 Å². The van der Waals surface area contributed by atoms with E-state index in [1.54, 1.807) is 13.0 Å². The van der Waals surface area contributed by atoms with E-state index >= 15 is 0 Å². The van der Waals surface area contributed by atoms with E-state index in [4.69, 9.17) is 6.42 Å². The number of benzene rings is 1. The summed E-state index contributed by atoms with van der Waals surface area (Å²) in [4.78, 5) is 0. The molecule has 13 heavy (non-hydrogen) atoms. The highest BCUT2D eigenvalue weighted by Gasteiger charge is 2.23. The fraction of sp³-hybridized carbons (Fsp3) is 0.273. The van der Waals surface area contributed by atoms with Crippen LogP contribution in [-0.2, 0) is 5.60 Å². The Morgan fingerprint density at radius 2 is 2.31 bits per heavy atom. The zero-order chi connectivity index (χ0) is 9.90. The van der Waals surface area contributed by atoms with Gasteiger partial charge in [-0.05, 0) is 24.1 Å². The van der Waals surface area contributed by atoms with Gasteiger partial charge in [-0.15, -0.1) is 6.42 Å². The first kappa shape index (κ1) is 9.76. The molecular weight excluding hydrogens is 167 g/mol. The van der Waals surface area contributed by atoms with Crippen molar-refractivity contribution in [2.45, 2.75) is 18.9 Å². The summed E-state index contributed by atoms with van der Waals surface area (Å²) in [6.07, 6.45) is 5.55. The number of halogens is 1. The topological polar surface area (TPSA) is 20.2 Å². The SMILES string of the molecule is C#C[C@](O)(CC)c1cccc(F)c1. The molecule has 0 unspecified atom stereocenters. The third-order valence-electron chi connectivity index (χ3n) is 2.05. The molecule has 0 bridgehead atoms. The normalized spacial score (nSPS) is 14.6. The van der Waals surface area contributed by atoms with Crippen molar-refractivity contribution in [3.05, 3.63) is 35.6 Å². The van der Waals surface area contributed by atoms with Crippen molar-refractivity contribution in [3.8, 4) is 12.3 Å². The summed E-state index contributed by atoms with van der Waals surface area (Å²) < 4.78 is 12.8. The molecule has 0 fully saturated rings. The largest absolute Gasteiger partial charge is 0.373 e. The number of aliphatic hydroxyl groups is 1. The van der Waals surface area contributed by atoms with E-state index in [0.717, 1.165) is 0 Å². The fourth-order valence-corrected chi connectivity index (χ4v) is 1.14. The lowest BCUT2D eigenvalue weighted by molar-refractivity contribution is 0.0958. The van der Waals surface area contributed by atoms with E-state index in [0.29, 0.717) is 12.0 Å². The molecule has 0 saturated heterocycles. The fourth-order valence-electron chi connectivity index (χ4n) is 1.14. The Morgan fingerprint density at radius 3 is 2.77 bits per heavy atom. The van der Waals surface area contributed by atoms with Crippen LogP contribution in [0, 0.1) is 18.2 Å². The van der Waals surface area contributed by atoms with Gasteiger partial charge in [-0.1, -0.05) is 25.0 Å². The quantitative estimate of drug-likeness (QED) is 0.687. The maximum Gasteiger partial charge on any atom is 0.150 e. The highest BCUT2D eigenvalue weighted by atomic mass is 19.1. The molecular formula is C11H11FO. The van der Waals surface area contributed by atoms with Gasteiger partial charge in [-0.2, -0.15) is 0 Å². The Labute approximate surface area is 77.2 Å². The summed E-state index contributed by atoms with van der Waals surface area (Å²) >= 11 is 0. The molecule has 0 saturated carbocycles. The number of rotatable bonds is 2. The first-order valence-corrected chi connectivity index (χ1v) is 4.08. The van der Waals surface area contributed by atoms with Crippen LogP contribution in [0.15, 0.2) is 24.3 Å². The van der Waals surface area contributed by atoms with E-state index < -0.39 is 5.60 Å². The summed E-state index contributed by atoms with van der Waals surface area (Å²) in [6, 6.07) is 5.72. The van der Waals surface area contributed by atoms with Crippen LogP contribution in [0.1, 0.15) is 18.9 Å². The maximum absolute atomic E-state index is 12.8. The second kappa shape index (κ2) is 3.59. The molecule has 1 aromatic carbocycles. The molecule has 0 aromatic heterocycles. The number of hydrogen-bond acceptors (Lipinski definition) is 1. The Hall–Kier alpha value is -1.33. The summed E-state index contributed by atoms with van der Waals surface area (Å²) in [5, 5.41) is 9.82. The summed E-state index contributed by atoms with van der Waals surface area (Å²) in [6.45, 7) is 1.75. The highest BCUT2D eigenvalue weighted by molar-refractivity contribution is 5.30. The Kier molecular flexibility index (Phi) is 2.69. The molecule has 1 aromatic rings. The van der Waals surface area contributed by atoms with Crippen LogP contribution in [-0.4, -0.2) is 5.11 Å². The second-order valence-corrected chi connectivity index (χ2v) is 2.87. The van der Waals surface area contributed by atoms with Crippen LogP contribution in [0.5, 0.6) is 0 Å². The lowest BCUT2D eigenvalue weighted by atomic mass is 9.92. The van der Waals surface area contributed by atoms with Gasteiger partial charge in [0.25, 0.3) is 0 Å². The zero-order valence-corrected chi connectivity index (χ0v) is 7.42. The van der Waals surface area contributed by atoms with E-state index in [-0.39, 0.29) is 5.82 Å². The second-order valence-electron chi connectivity index (χ2n) is 2.87. The Balaban J connectivity index is 3.14. The third kappa shape index (κ3) is 1.88. The third-order valence-corrected chi connectivity index (χ3v) is 2.05. The maximum atomic E-state index is 12.8. The average molecular weight is 178 g/mol. The molecule has 0 spiro atoms. The lowest BCUT2D eigenvalue weighted by Crippen LogP contribution is -2.22. The van der Waals surface area contributed by atoms with Gasteiger partial charge in [0.2, 0.25) is 0 Å². The minimum Gasteiger partial charge on any atom is -0.373 e. The van der Waals surface area contributed by atoms with Gasteiger partial charge in [-0.25, -0.2) is 4.39 Å². The van der Waals surface area contributed by atoms with Crippen LogP contribution in [0.4, 0.5) is 4.39 Å². The summed E-state index contributed by atoms with van der Waals surface area (Å²) in [5.41, 5.74) is -0.917. The molecule has 0 aliphatic carbocycles. The number of terminal acetylenes is 1. The van der Waals surface area contributed by atoms with Crippen molar-refractivity contribution >= 4 is 0 Å². The molecule has 0 aliphatic heterocycles. The summed E-state index contributed by atoms with van der Waals surface area (Å²) in [7, 11) is 0. The van der Waals surface area contributed by atoms with Gasteiger partial charge < -0.3 is 5.11 Å². The molecule has 68 valence electrons. The van der Waals surface area contributed by atoms with E-state index in [1.165, 1.54) is 18.2 Å². The zero-order valence-electron chi connectivity index (χ0n) is 7.42. The van der Waals surface area contributed by atoms with E-state index in [2.05, 4.69) is 5.92 Å². The Morgan fingerprint density at radius 1 is 1.62 bits per heavy atom. The molecule has 2 heteroatoms. The van der Waals surface area contributed by atoms with Gasteiger partial charge in [0, 0.05) is 0 Å². The van der Waals surface area contributed by atoms with E-state index in [9.17, 15) is 9.50 Å². The predicted octanol–water partition coefficient (Wildman–Crippen LogP) is 2.06. The molecule has 1 rings (SSSR count). The van der Waals surface area contributed by atoms with Crippen LogP contribution in [0.2, 0.25) is 0 Å². The van der Waals surface area contributed by atoms with Crippen molar-refractivity contribution in [1.29, 1.82) is 0 Å². The first-order valence-electron chi connectivity index (χ1n) is 4.08. The van der Waals surface area contributed by atoms with Gasteiger partial charge in [0.15, 0.2) is 5.60 Å². The van der Waals surface area contributed by atoms with Crippen LogP contribution in [0.3, 0.4) is 0 Å². The predicted molar refractivity (Wildman–Crippen MR) is 49.4 cm³/mol.